The van der Waals surface area contributed by atoms with E-state index in [1.807, 2.05) is 6.92 Å². The molecule has 0 saturated heterocycles. The highest BCUT2D eigenvalue weighted by atomic mass is 19.1. The van der Waals surface area contributed by atoms with Crippen molar-refractivity contribution in [1.29, 1.82) is 0 Å². The predicted octanol–water partition coefficient (Wildman–Crippen LogP) is 2.47. The quantitative estimate of drug-likeness (QED) is 0.604. The lowest BCUT2D eigenvalue weighted by Gasteiger charge is -2.12. The number of nitrogens with zero attached hydrogens (tertiary/aromatic N) is 1. The maximum Gasteiger partial charge on any atom is 0.257 e. The first-order valence-corrected chi connectivity index (χ1v) is 9.03. The first-order valence-electron chi connectivity index (χ1n) is 9.03. The standard InChI is InChI=1S/C20H22FN3O3/c1-3-8-22-19(25)13-4-7-18(24(27)11-13)16-9-14(10-17(21)12(16)2)20(26)23-15-5-6-15/h4,7,9-11,15H,3,5-6,8H2,1-2H3,(H,22,25)(H,23,26). The lowest BCUT2D eigenvalue weighted by molar-refractivity contribution is -0.593. The molecule has 1 saturated carbocycles. The van der Waals surface area contributed by atoms with E-state index < -0.39 is 5.82 Å². The van der Waals surface area contributed by atoms with Crippen molar-refractivity contribution >= 4 is 11.8 Å². The second kappa shape index (κ2) is 7.73. The van der Waals surface area contributed by atoms with Gasteiger partial charge in [0.15, 0.2) is 6.20 Å². The minimum Gasteiger partial charge on any atom is -0.618 e. The average molecular weight is 371 g/mol. The van der Waals surface area contributed by atoms with Crippen molar-refractivity contribution < 1.29 is 18.7 Å². The minimum atomic E-state index is -0.557. The van der Waals surface area contributed by atoms with Crippen molar-refractivity contribution in [1.82, 2.24) is 10.6 Å². The number of hydrogen-bond acceptors (Lipinski definition) is 3. The van der Waals surface area contributed by atoms with Gasteiger partial charge in [-0.05, 0) is 49.9 Å². The molecule has 6 nitrogen and oxygen atoms in total. The fourth-order valence-corrected chi connectivity index (χ4v) is 2.74. The molecule has 2 N–H and O–H groups in total. The van der Waals surface area contributed by atoms with Gasteiger partial charge in [-0.2, -0.15) is 4.73 Å². The Labute approximate surface area is 157 Å². The molecule has 0 unspecified atom stereocenters. The Balaban J connectivity index is 1.93. The van der Waals surface area contributed by atoms with Crippen molar-refractivity contribution in [3.8, 4) is 11.3 Å². The number of hydrogen-bond donors (Lipinski definition) is 2. The molecular weight excluding hydrogens is 349 g/mol. The highest BCUT2D eigenvalue weighted by molar-refractivity contribution is 5.96. The van der Waals surface area contributed by atoms with Crippen molar-refractivity contribution in [2.24, 2.45) is 0 Å². The third kappa shape index (κ3) is 4.24. The van der Waals surface area contributed by atoms with Gasteiger partial charge in [-0.3, -0.25) is 9.59 Å². The van der Waals surface area contributed by atoms with Gasteiger partial charge >= 0.3 is 0 Å². The van der Waals surface area contributed by atoms with Crippen LogP contribution in [0.25, 0.3) is 11.3 Å². The molecule has 0 radical (unpaired) electrons. The van der Waals surface area contributed by atoms with Crippen molar-refractivity contribution in [3.05, 3.63) is 58.2 Å². The molecule has 1 aliphatic rings. The summed E-state index contributed by atoms with van der Waals surface area (Å²) >= 11 is 0. The van der Waals surface area contributed by atoms with Gasteiger partial charge in [-0.15, -0.1) is 0 Å². The minimum absolute atomic E-state index is 0.149. The molecule has 0 bridgehead atoms. The SMILES string of the molecule is CCCNC(=O)c1ccc(-c2cc(C(=O)NC3CC3)cc(F)c2C)[n+]([O-])c1. The zero-order chi connectivity index (χ0) is 19.6. The van der Waals surface area contributed by atoms with E-state index in [-0.39, 0.29) is 40.2 Å². The third-order valence-electron chi connectivity index (χ3n) is 4.51. The van der Waals surface area contributed by atoms with E-state index >= 15 is 0 Å². The van der Waals surface area contributed by atoms with E-state index in [2.05, 4.69) is 10.6 Å². The van der Waals surface area contributed by atoms with Crippen LogP contribution < -0.4 is 15.4 Å². The molecule has 1 aromatic heterocycles. The number of carbonyl (C=O) groups is 2. The molecule has 7 heteroatoms. The summed E-state index contributed by atoms with van der Waals surface area (Å²) in [5, 5.41) is 18.0. The van der Waals surface area contributed by atoms with Gasteiger partial charge in [-0.25, -0.2) is 4.39 Å². The van der Waals surface area contributed by atoms with Crippen LogP contribution in [0, 0.1) is 17.9 Å². The lowest BCUT2D eigenvalue weighted by atomic mass is 10.00. The van der Waals surface area contributed by atoms with Crippen LogP contribution in [0.1, 0.15) is 52.5 Å². The van der Waals surface area contributed by atoms with Gasteiger partial charge in [0, 0.05) is 24.2 Å². The Hall–Kier alpha value is -2.96. The monoisotopic (exact) mass is 371 g/mol. The summed E-state index contributed by atoms with van der Waals surface area (Å²) in [6, 6.07) is 5.83. The lowest BCUT2D eigenvalue weighted by Crippen LogP contribution is -2.33. The average Bonchev–Trinajstić information content (AvgIpc) is 3.46. The number of pyridine rings is 1. The van der Waals surface area contributed by atoms with Gasteiger partial charge in [-0.1, -0.05) is 6.92 Å². The van der Waals surface area contributed by atoms with E-state index in [0.29, 0.717) is 16.8 Å². The van der Waals surface area contributed by atoms with Crippen LogP contribution in [-0.4, -0.2) is 24.4 Å². The van der Waals surface area contributed by atoms with Crippen LogP contribution in [0.15, 0.2) is 30.5 Å². The molecule has 1 fully saturated rings. The molecule has 2 aromatic rings. The van der Waals surface area contributed by atoms with Crippen LogP contribution in [0.4, 0.5) is 4.39 Å². The molecule has 0 atom stereocenters. The van der Waals surface area contributed by atoms with Crippen LogP contribution >= 0.6 is 0 Å². The van der Waals surface area contributed by atoms with E-state index in [1.165, 1.54) is 24.3 Å². The first kappa shape index (κ1) is 18.8. The summed E-state index contributed by atoms with van der Waals surface area (Å²) in [6.07, 6.45) is 3.80. The summed E-state index contributed by atoms with van der Waals surface area (Å²) in [5.74, 6) is -1.25. The Bertz CT molecular complexity index is 894. The number of halogens is 1. The largest absolute Gasteiger partial charge is 0.618 e. The molecular formula is C20H22FN3O3. The van der Waals surface area contributed by atoms with E-state index in [4.69, 9.17) is 0 Å². The molecule has 142 valence electrons. The normalized spacial score (nSPS) is 13.3. The number of carbonyl (C=O) groups excluding carboxylic acids is 2. The van der Waals surface area contributed by atoms with Crippen molar-refractivity contribution in [2.45, 2.75) is 39.2 Å². The van der Waals surface area contributed by atoms with E-state index in [9.17, 15) is 19.2 Å². The topological polar surface area (TPSA) is 85.1 Å². The molecule has 27 heavy (non-hydrogen) atoms. The highest BCUT2D eigenvalue weighted by Gasteiger charge is 2.25. The Morgan fingerprint density at radius 1 is 1.22 bits per heavy atom. The van der Waals surface area contributed by atoms with Gasteiger partial charge in [0.1, 0.15) is 11.4 Å². The molecule has 0 aliphatic heterocycles. The fourth-order valence-electron chi connectivity index (χ4n) is 2.74. The molecule has 3 rings (SSSR count). The fraction of sp³-hybridized carbons (Fsp3) is 0.350. The van der Waals surface area contributed by atoms with Gasteiger partial charge in [0.25, 0.3) is 11.8 Å². The van der Waals surface area contributed by atoms with E-state index in [1.54, 1.807) is 6.92 Å². The Kier molecular flexibility index (Phi) is 5.39. The summed E-state index contributed by atoms with van der Waals surface area (Å²) in [4.78, 5) is 24.3. The maximum absolute atomic E-state index is 14.4. The molecule has 1 heterocycles. The number of rotatable bonds is 6. The highest BCUT2D eigenvalue weighted by Crippen LogP contribution is 2.26. The predicted molar refractivity (Wildman–Crippen MR) is 98.6 cm³/mol. The Morgan fingerprint density at radius 3 is 2.59 bits per heavy atom. The van der Waals surface area contributed by atoms with Gasteiger partial charge < -0.3 is 15.8 Å². The second-order valence-electron chi connectivity index (χ2n) is 6.76. The zero-order valence-corrected chi connectivity index (χ0v) is 15.3. The molecule has 1 aromatic carbocycles. The zero-order valence-electron chi connectivity index (χ0n) is 15.3. The maximum atomic E-state index is 14.4. The van der Waals surface area contributed by atoms with Crippen LogP contribution in [0.2, 0.25) is 0 Å². The number of amides is 2. The number of benzene rings is 1. The second-order valence-corrected chi connectivity index (χ2v) is 6.76. The van der Waals surface area contributed by atoms with Crippen molar-refractivity contribution in [3.63, 3.8) is 0 Å². The molecule has 1 aliphatic carbocycles. The van der Waals surface area contributed by atoms with Crippen molar-refractivity contribution in [2.75, 3.05) is 6.54 Å². The molecule has 0 spiro atoms. The number of aromatic nitrogens is 1. The summed E-state index contributed by atoms with van der Waals surface area (Å²) in [7, 11) is 0. The summed E-state index contributed by atoms with van der Waals surface area (Å²) in [6.45, 7) is 4.00. The summed E-state index contributed by atoms with van der Waals surface area (Å²) < 4.78 is 14.9. The van der Waals surface area contributed by atoms with Crippen LogP contribution in [0.5, 0.6) is 0 Å². The van der Waals surface area contributed by atoms with Crippen LogP contribution in [-0.2, 0) is 0 Å². The first-order chi connectivity index (χ1) is 12.9. The molecule has 2 amide bonds. The third-order valence-corrected chi connectivity index (χ3v) is 4.51. The summed E-state index contributed by atoms with van der Waals surface area (Å²) in [5.41, 5.74) is 1.17. The van der Waals surface area contributed by atoms with E-state index in [0.717, 1.165) is 25.5 Å². The van der Waals surface area contributed by atoms with Crippen LogP contribution in [0.3, 0.4) is 0 Å². The smallest absolute Gasteiger partial charge is 0.257 e. The number of nitrogens with one attached hydrogen (secondary N) is 2. The van der Waals surface area contributed by atoms with Gasteiger partial charge in [0.05, 0.1) is 5.56 Å². The van der Waals surface area contributed by atoms with Gasteiger partial charge in [0.2, 0.25) is 5.69 Å². The Morgan fingerprint density at radius 2 is 1.96 bits per heavy atom.